The van der Waals surface area contributed by atoms with Gasteiger partial charge in [-0.2, -0.15) is 0 Å². The lowest BCUT2D eigenvalue weighted by Crippen LogP contribution is -2.08. The molecule has 1 aromatic rings. The van der Waals surface area contributed by atoms with Crippen molar-refractivity contribution in [3.63, 3.8) is 0 Å². The van der Waals surface area contributed by atoms with E-state index in [0.29, 0.717) is 17.4 Å². The van der Waals surface area contributed by atoms with Crippen LogP contribution in [0.4, 0.5) is 4.39 Å². The normalized spacial score (nSPS) is 31.2. The molecule has 0 bridgehead atoms. The van der Waals surface area contributed by atoms with Crippen molar-refractivity contribution < 1.29 is 4.39 Å². The van der Waals surface area contributed by atoms with Crippen LogP contribution in [0, 0.1) is 5.92 Å². The lowest BCUT2D eigenvalue weighted by atomic mass is 9.97. The van der Waals surface area contributed by atoms with Crippen molar-refractivity contribution in [2.45, 2.75) is 44.2 Å². The second-order valence-corrected chi connectivity index (χ2v) is 6.86. The van der Waals surface area contributed by atoms with Crippen molar-refractivity contribution >= 4 is 11.6 Å². The Labute approximate surface area is 114 Å². The van der Waals surface area contributed by atoms with Crippen LogP contribution in [0.15, 0.2) is 36.4 Å². The maximum Gasteiger partial charge on any atom is 0.130 e. The van der Waals surface area contributed by atoms with Gasteiger partial charge in [0.05, 0.1) is 4.87 Å². The van der Waals surface area contributed by atoms with Crippen molar-refractivity contribution in [1.82, 2.24) is 0 Å². The molecule has 0 aromatic heterocycles. The molecule has 2 rings (SSSR count). The zero-order valence-corrected chi connectivity index (χ0v) is 12.2. The van der Waals surface area contributed by atoms with E-state index in [9.17, 15) is 4.39 Å². The Bertz CT molecular complexity index is 465. The van der Waals surface area contributed by atoms with Crippen molar-refractivity contribution in [3.8, 4) is 0 Å². The number of alkyl halides is 2. The molecule has 1 aliphatic carbocycles. The van der Waals surface area contributed by atoms with Gasteiger partial charge in [0, 0.05) is 11.8 Å². The minimum absolute atomic E-state index is 0.238. The van der Waals surface area contributed by atoms with E-state index in [1.165, 1.54) is 5.56 Å². The Morgan fingerprint density at radius 1 is 1.33 bits per heavy atom. The quantitative estimate of drug-likeness (QED) is 0.522. The fourth-order valence-corrected chi connectivity index (χ4v) is 3.36. The largest absolute Gasteiger partial charge is 0.239 e. The van der Waals surface area contributed by atoms with Gasteiger partial charge in [-0.15, -0.1) is 11.6 Å². The first kappa shape index (κ1) is 13.6. The summed E-state index contributed by atoms with van der Waals surface area (Å²) in [5.41, 5.74) is 1.70. The molecule has 1 aromatic carbocycles. The highest BCUT2D eigenvalue weighted by Gasteiger charge is 2.61. The minimum Gasteiger partial charge on any atom is -0.239 e. The monoisotopic (exact) mass is 266 g/mol. The molecule has 1 aliphatic rings. The van der Waals surface area contributed by atoms with E-state index < -0.39 is 5.67 Å². The van der Waals surface area contributed by atoms with Gasteiger partial charge in [0.25, 0.3) is 0 Å². The standard InChI is InChI=1S/C16H20ClF/c1-10(2)13-14(16(13,5)17)11-6-8-12(9-7-11)15(3,4)18/h6-9,13-14H,1H2,2-5H3. The van der Waals surface area contributed by atoms with E-state index in [-0.39, 0.29) is 4.87 Å². The molecule has 1 saturated carbocycles. The fourth-order valence-electron chi connectivity index (χ4n) is 2.85. The summed E-state index contributed by atoms with van der Waals surface area (Å²) in [6.45, 7) is 11.2. The van der Waals surface area contributed by atoms with E-state index in [1.807, 2.05) is 38.1 Å². The molecule has 0 heterocycles. The smallest absolute Gasteiger partial charge is 0.130 e. The molecule has 3 unspecified atom stereocenters. The zero-order chi connectivity index (χ0) is 13.7. The summed E-state index contributed by atoms with van der Waals surface area (Å²) in [4.78, 5) is -0.238. The number of rotatable bonds is 3. The first-order valence-electron chi connectivity index (χ1n) is 6.29. The summed E-state index contributed by atoms with van der Waals surface area (Å²) < 4.78 is 13.8. The average Bonchev–Trinajstić information content (AvgIpc) is 2.80. The van der Waals surface area contributed by atoms with Gasteiger partial charge in [0.1, 0.15) is 5.67 Å². The van der Waals surface area contributed by atoms with Crippen molar-refractivity contribution in [2.24, 2.45) is 5.92 Å². The van der Waals surface area contributed by atoms with E-state index in [0.717, 1.165) is 5.57 Å². The SMILES string of the molecule is C=C(C)C1C(c2ccc(C(C)(C)F)cc2)C1(C)Cl. The second kappa shape index (κ2) is 4.09. The van der Waals surface area contributed by atoms with Crippen LogP contribution in [0.3, 0.4) is 0 Å². The maximum absolute atomic E-state index is 13.8. The third-order valence-corrected chi connectivity index (χ3v) is 4.40. The molecular weight excluding hydrogens is 247 g/mol. The van der Waals surface area contributed by atoms with Crippen LogP contribution in [0.1, 0.15) is 44.7 Å². The van der Waals surface area contributed by atoms with Gasteiger partial charge in [-0.25, -0.2) is 4.39 Å². The van der Waals surface area contributed by atoms with Crippen LogP contribution in [0.5, 0.6) is 0 Å². The van der Waals surface area contributed by atoms with Crippen LogP contribution in [0.2, 0.25) is 0 Å². The topological polar surface area (TPSA) is 0 Å². The Hall–Kier alpha value is -0.820. The molecule has 0 amide bonds. The summed E-state index contributed by atoms with van der Waals surface area (Å²) in [5, 5.41) is 0. The zero-order valence-electron chi connectivity index (χ0n) is 11.4. The molecule has 0 nitrogen and oxygen atoms in total. The van der Waals surface area contributed by atoms with E-state index in [4.69, 9.17) is 11.6 Å². The van der Waals surface area contributed by atoms with E-state index in [1.54, 1.807) is 13.8 Å². The summed E-state index contributed by atoms with van der Waals surface area (Å²) in [6.07, 6.45) is 0. The lowest BCUT2D eigenvalue weighted by molar-refractivity contribution is 0.221. The van der Waals surface area contributed by atoms with Crippen molar-refractivity contribution in [2.75, 3.05) is 0 Å². The minimum atomic E-state index is -1.29. The molecular formula is C16H20ClF. The molecule has 3 atom stereocenters. The first-order valence-corrected chi connectivity index (χ1v) is 6.67. The summed E-state index contributed by atoms with van der Waals surface area (Å²) in [6, 6.07) is 7.70. The molecule has 2 heteroatoms. The maximum atomic E-state index is 13.8. The number of hydrogen-bond acceptors (Lipinski definition) is 0. The van der Waals surface area contributed by atoms with E-state index in [2.05, 4.69) is 6.58 Å². The van der Waals surface area contributed by atoms with Gasteiger partial charge < -0.3 is 0 Å². The molecule has 0 spiro atoms. The number of benzene rings is 1. The summed E-state index contributed by atoms with van der Waals surface area (Å²) in [7, 11) is 0. The predicted molar refractivity (Wildman–Crippen MR) is 75.9 cm³/mol. The molecule has 0 saturated heterocycles. The van der Waals surface area contributed by atoms with Crippen LogP contribution in [-0.4, -0.2) is 4.87 Å². The number of hydrogen-bond donors (Lipinski definition) is 0. The molecule has 0 aliphatic heterocycles. The third kappa shape index (κ3) is 2.21. The van der Waals surface area contributed by atoms with Gasteiger partial charge in [0.15, 0.2) is 0 Å². The van der Waals surface area contributed by atoms with Gasteiger partial charge in [0.2, 0.25) is 0 Å². The molecule has 98 valence electrons. The Morgan fingerprint density at radius 3 is 2.17 bits per heavy atom. The molecule has 18 heavy (non-hydrogen) atoms. The lowest BCUT2D eigenvalue weighted by Gasteiger charge is -2.15. The Balaban J connectivity index is 2.25. The van der Waals surface area contributed by atoms with Gasteiger partial charge >= 0.3 is 0 Å². The Morgan fingerprint density at radius 2 is 1.83 bits per heavy atom. The van der Waals surface area contributed by atoms with Gasteiger partial charge in [-0.1, -0.05) is 36.4 Å². The third-order valence-electron chi connectivity index (χ3n) is 3.93. The van der Waals surface area contributed by atoms with Crippen LogP contribution in [0.25, 0.3) is 0 Å². The van der Waals surface area contributed by atoms with Crippen molar-refractivity contribution in [3.05, 3.63) is 47.5 Å². The highest BCUT2D eigenvalue weighted by molar-refractivity contribution is 6.27. The van der Waals surface area contributed by atoms with Crippen LogP contribution in [-0.2, 0) is 5.67 Å². The van der Waals surface area contributed by atoms with Gasteiger partial charge in [-0.05, 0) is 38.8 Å². The van der Waals surface area contributed by atoms with Crippen molar-refractivity contribution in [1.29, 1.82) is 0 Å². The fraction of sp³-hybridized carbons (Fsp3) is 0.500. The second-order valence-electron chi connectivity index (χ2n) is 6.05. The highest BCUT2D eigenvalue weighted by Crippen LogP contribution is 2.64. The van der Waals surface area contributed by atoms with Crippen LogP contribution < -0.4 is 0 Å². The highest BCUT2D eigenvalue weighted by atomic mass is 35.5. The average molecular weight is 267 g/mol. The molecule has 0 radical (unpaired) electrons. The number of halogens is 2. The Kier molecular flexibility index (Phi) is 3.09. The van der Waals surface area contributed by atoms with E-state index >= 15 is 0 Å². The van der Waals surface area contributed by atoms with Crippen LogP contribution >= 0.6 is 11.6 Å². The molecule has 1 fully saturated rings. The predicted octanol–water partition coefficient (Wildman–Crippen LogP) is 5.18. The summed E-state index contributed by atoms with van der Waals surface area (Å²) >= 11 is 6.50. The number of allylic oxidation sites excluding steroid dienone is 1. The summed E-state index contributed by atoms with van der Waals surface area (Å²) in [5.74, 6) is 0.622. The first-order chi connectivity index (χ1) is 8.15. The van der Waals surface area contributed by atoms with Gasteiger partial charge in [-0.3, -0.25) is 0 Å². The molecule has 0 N–H and O–H groups in total.